The Labute approximate surface area is 181 Å². The van der Waals surface area contributed by atoms with Gasteiger partial charge in [0.15, 0.2) is 0 Å². The summed E-state index contributed by atoms with van der Waals surface area (Å²) in [6.07, 6.45) is 0. The van der Waals surface area contributed by atoms with Crippen molar-refractivity contribution in [3.05, 3.63) is 52.0 Å². The van der Waals surface area contributed by atoms with Gasteiger partial charge < -0.3 is 14.8 Å². The van der Waals surface area contributed by atoms with Gasteiger partial charge in [0.05, 0.1) is 36.5 Å². The Morgan fingerprint density at radius 2 is 1.66 bits per heavy atom. The number of methoxy groups -OCH3 is 2. The van der Waals surface area contributed by atoms with Crippen LogP contribution in [-0.4, -0.2) is 62.7 Å². The number of piperazine rings is 1. The van der Waals surface area contributed by atoms with Gasteiger partial charge in [-0.3, -0.25) is 14.6 Å². The van der Waals surface area contributed by atoms with Crippen LogP contribution in [0, 0.1) is 0 Å². The summed E-state index contributed by atoms with van der Waals surface area (Å²) in [5.74, 6) is 1.54. The fourth-order valence-corrected chi connectivity index (χ4v) is 3.84. The van der Waals surface area contributed by atoms with E-state index in [1.807, 2.05) is 18.2 Å². The number of halogens is 2. The molecule has 2 aromatic rings. The number of amides is 1. The van der Waals surface area contributed by atoms with E-state index in [2.05, 4.69) is 15.1 Å². The Balaban J connectivity index is 1.51. The Morgan fingerprint density at radius 3 is 2.28 bits per heavy atom. The van der Waals surface area contributed by atoms with Crippen LogP contribution in [0.25, 0.3) is 0 Å². The highest BCUT2D eigenvalue weighted by atomic mass is 35.5. The molecule has 0 bridgehead atoms. The van der Waals surface area contributed by atoms with Crippen molar-refractivity contribution in [2.45, 2.75) is 6.54 Å². The standard InChI is InChI=1S/C21H25Cl2N3O3/c1-28-16-6-7-19(29-2)15(12-16)13-25-8-10-26(11-9-25)14-20(27)24-21-17(22)4-3-5-18(21)23/h3-7,12H,8-11,13-14H2,1-2H3,(H,24,27). The molecule has 3 rings (SSSR count). The number of carbonyl (C=O) groups excluding carboxylic acids is 1. The van der Waals surface area contributed by atoms with Gasteiger partial charge in [-0.2, -0.15) is 0 Å². The summed E-state index contributed by atoms with van der Waals surface area (Å²) in [4.78, 5) is 16.9. The van der Waals surface area contributed by atoms with Gasteiger partial charge >= 0.3 is 0 Å². The molecule has 0 radical (unpaired) electrons. The first-order chi connectivity index (χ1) is 14.0. The number of benzene rings is 2. The SMILES string of the molecule is COc1ccc(OC)c(CN2CCN(CC(=O)Nc3c(Cl)cccc3Cl)CC2)c1. The zero-order chi connectivity index (χ0) is 20.8. The lowest BCUT2D eigenvalue weighted by molar-refractivity contribution is -0.117. The van der Waals surface area contributed by atoms with Crippen molar-refractivity contribution in [3.63, 3.8) is 0 Å². The number of hydrogen-bond donors (Lipinski definition) is 1. The lowest BCUT2D eigenvalue weighted by Gasteiger charge is -2.34. The summed E-state index contributed by atoms with van der Waals surface area (Å²) in [5, 5.41) is 3.68. The van der Waals surface area contributed by atoms with E-state index in [0.29, 0.717) is 22.3 Å². The molecule has 0 unspecified atom stereocenters. The predicted molar refractivity (Wildman–Crippen MR) is 116 cm³/mol. The molecule has 2 aromatic carbocycles. The van der Waals surface area contributed by atoms with Gasteiger partial charge in [0.1, 0.15) is 11.5 Å². The van der Waals surface area contributed by atoms with Crippen LogP contribution in [0.1, 0.15) is 5.56 Å². The van der Waals surface area contributed by atoms with Crippen molar-refractivity contribution in [2.75, 3.05) is 52.3 Å². The first-order valence-electron chi connectivity index (χ1n) is 9.39. The van der Waals surface area contributed by atoms with Crippen molar-refractivity contribution in [3.8, 4) is 11.5 Å². The number of hydrogen-bond acceptors (Lipinski definition) is 5. The second-order valence-corrected chi connectivity index (χ2v) is 7.69. The molecule has 8 heteroatoms. The maximum absolute atomic E-state index is 12.4. The van der Waals surface area contributed by atoms with E-state index in [9.17, 15) is 4.79 Å². The molecule has 29 heavy (non-hydrogen) atoms. The van der Waals surface area contributed by atoms with Crippen molar-refractivity contribution >= 4 is 34.8 Å². The maximum Gasteiger partial charge on any atom is 0.238 e. The van der Waals surface area contributed by atoms with Crippen LogP contribution in [0.2, 0.25) is 10.0 Å². The second-order valence-electron chi connectivity index (χ2n) is 6.87. The van der Waals surface area contributed by atoms with Gasteiger partial charge in [0, 0.05) is 38.3 Å². The fourth-order valence-electron chi connectivity index (χ4n) is 3.35. The summed E-state index contributed by atoms with van der Waals surface area (Å²) in [7, 11) is 3.33. The third-order valence-electron chi connectivity index (χ3n) is 4.94. The zero-order valence-corrected chi connectivity index (χ0v) is 18.1. The number of rotatable bonds is 7. The molecule has 1 heterocycles. The minimum Gasteiger partial charge on any atom is -0.497 e. The fraction of sp³-hybridized carbons (Fsp3) is 0.381. The minimum absolute atomic E-state index is 0.122. The van der Waals surface area contributed by atoms with E-state index >= 15 is 0 Å². The number of para-hydroxylation sites is 1. The number of ether oxygens (including phenoxy) is 2. The molecule has 156 valence electrons. The van der Waals surface area contributed by atoms with Crippen LogP contribution < -0.4 is 14.8 Å². The average Bonchev–Trinajstić information content (AvgIpc) is 2.72. The maximum atomic E-state index is 12.4. The summed E-state index contributed by atoms with van der Waals surface area (Å²) in [5.41, 5.74) is 1.55. The molecule has 1 saturated heterocycles. The van der Waals surface area contributed by atoms with Gasteiger partial charge in [-0.05, 0) is 30.3 Å². The largest absolute Gasteiger partial charge is 0.497 e. The first kappa shape index (κ1) is 21.7. The third-order valence-corrected chi connectivity index (χ3v) is 5.57. The van der Waals surface area contributed by atoms with Crippen molar-refractivity contribution in [2.24, 2.45) is 0 Å². The highest BCUT2D eigenvalue weighted by Crippen LogP contribution is 2.30. The van der Waals surface area contributed by atoms with E-state index < -0.39 is 0 Å². The smallest absolute Gasteiger partial charge is 0.238 e. The average molecular weight is 438 g/mol. The molecule has 1 amide bonds. The van der Waals surface area contributed by atoms with Crippen molar-refractivity contribution in [1.29, 1.82) is 0 Å². The Morgan fingerprint density at radius 1 is 1.00 bits per heavy atom. The highest BCUT2D eigenvalue weighted by Gasteiger charge is 2.21. The highest BCUT2D eigenvalue weighted by molar-refractivity contribution is 6.39. The molecular formula is C21H25Cl2N3O3. The molecule has 1 fully saturated rings. The summed E-state index contributed by atoms with van der Waals surface area (Å²) < 4.78 is 10.8. The van der Waals surface area contributed by atoms with Gasteiger partial charge in [-0.1, -0.05) is 29.3 Å². The molecule has 1 N–H and O–H groups in total. The van der Waals surface area contributed by atoms with Crippen LogP contribution in [0.3, 0.4) is 0 Å². The van der Waals surface area contributed by atoms with E-state index in [4.69, 9.17) is 32.7 Å². The van der Waals surface area contributed by atoms with Crippen molar-refractivity contribution < 1.29 is 14.3 Å². The summed E-state index contributed by atoms with van der Waals surface area (Å²) in [6.45, 7) is 4.40. The Bertz CT molecular complexity index is 835. The minimum atomic E-state index is -0.122. The van der Waals surface area contributed by atoms with E-state index in [1.54, 1.807) is 32.4 Å². The number of nitrogens with one attached hydrogen (secondary N) is 1. The Hall–Kier alpha value is -1.99. The predicted octanol–water partition coefficient (Wildman–Crippen LogP) is 3.77. The lowest BCUT2D eigenvalue weighted by Crippen LogP contribution is -2.48. The van der Waals surface area contributed by atoms with Crippen LogP contribution in [0.4, 0.5) is 5.69 Å². The lowest BCUT2D eigenvalue weighted by atomic mass is 10.1. The first-order valence-corrected chi connectivity index (χ1v) is 10.1. The monoisotopic (exact) mass is 437 g/mol. The number of nitrogens with zero attached hydrogens (tertiary/aromatic N) is 2. The molecule has 0 aliphatic carbocycles. The summed E-state index contributed by atoms with van der Waals surface area (Å²) >= 11 is 12.2. The van der Waals surface area contributed by atoms with Crippen molar-refractivity contribution in [1.82, 2.24) is 9.80 Å². The molecule has 1 aliphatic heterocycles. The molecule has 0 spiro atoms. The summed E-state index contributed by atoms with van der Waals surface area (Å²) in [6, 6.07) is 11.0. The van der Waals surface area contributed by atoms with Crippen LogP contribution in [0.15, 0.2) is 36.4 Å². The molecular weight excluding hydrogens is 413 g/mol. The molecule has 0 atom stereocenters. The van der Waals surface area contributed by atoms with Crippen LogP contribution >= 0.6 is 23.2 Å². The number of anilines is 1. The number of carbonyl (C=O) groups is 1. The Kier molecular flexibility index (Phi) is 7.61. The quantitative estimate of drug-likeness (QED) is 0.714. The van der Waals surface area contributed by atoms with Gasteiger partial charge in [-0.15, -0.1) is 0 Å². The third kappa shape index (κ3) is 5.76. The molecule has 1 aliphatic rings. The van der Waals surface area contributed by atoms with E-state index in [-0.39, 0.29) is 5.91 Å². The molecule has 0 aromatic heterocycles. The molecule has 0 saturated carbocycles. The van der Waals surface area contributed by atoms with Gasteiger partial charge in [0.2, 0.25) is 5.91 Å². The topological polar surface area (TPSA) is 54.0 Å². The van der Waals surface area contributed by atoms with Gasteiger partial charge in [0.25, 0.3) is 0 Å². The molecule has 6 nitrogen and oxygen atoms in total. The zero-order valence-electron chi connectivity index (χ0n) is 16.6. The second kappa shape index (κ2) is 10.2. The van der Waals surface area contributed by atoms with Crippen LogP contribution in [0.5, 0.6) is 11.5 Å². The van der Waals surface area contributed by atoms with E-state index in [0.717, 1.165) is 49.8 Å². The van der Waals surface area contributed by atoms with E-state index in [1.165, 1.54) is 0 Å². The van der Waals surface area contributed by atoms with Gasteiger partial charge in [-0.25, -0.2) is 0 Å². The normalized spacial score (nSPS) is 15.2. The van der Waals surface area contributed by atoms with Crippen LogP contribution in [-0.2, 0) is 11.3 Å².